The molecule has 2 rings (SSSR count). The topological polar surface area (TPSA) is 116 Å². The highest BCUT2D eigenvalue weighted by molar-refractivity contribution is 7.92. The Hall–Kier alpha value is -3.47. The van der Waals surface area contributed by atoms with Gasteiger partial charge in [0.1, 0.15) is 18.0 Å². The number of anilines is 1. The molecule has 0 spiro atoms. The van der Waals surface area contributed by atoms with Crippen molar-refractivity contribution in [1.82, 2.24) is 5.43 Å². The number of sulfonamides is 1. The summed E-state index contributed by atoms with van der Waals surface area (Å²) in [6, 6.07) is 9.86. The van der Waals surface area contributed by atoms with Crippen molar-refractivity contribution in [2.45, 2.75) is 6.92 Å². The lowest BCUT2D eigenvalue weighted by Crippen LogP contribution is -2.39. The maximum Gasteiger partial charge on any atom is 0.260 e. The number of ether oxygens (including phenoxy) is 4. The number of benzene rings is 2. The normalized spacial score (nSPS) is 11.5. The van der Waals surface area contributed by atoms with Gasteiger partial charge in [-0.3, -0.25) is 9.10 Å². The number of rotatable bonds is 10. The lowest BCUT2D eigenvalue weighted by molar-refractivity contribution is -0.119. The third kappa shape index (κ3) is 6.03. The maximum absolute atomic E-state index is 12.5. The van der Waals surface area contributed by atoms with Gasteiger partial charge in [-0.2, -0.15) is 5.10 Å². The van der Waals surface area contributed by atoms with E-state index in [-0.39, 0.29) is 11.4 Å². The highest BCUT2D eigenvalue weighted by Crippen LogP contribution is 2.33. The van der Waals surface area contributed by atoms with E-state index in [1.807, 2.05) is 0 Å². The van der Waals surface area contributed by atoms with Crippen LogP contribution in [-0.4, -0.2) is 61.3 Å². The molecule has 1 amide bonds. The zero-order valence-electron chi connectivity index (χ0n) is 18.8. The third-order valence-electron chi connectivity index (χ3n) is 4.49. The number of carbonyl (C=O) groups excluding carboxylic acids is 1. The van der Waals surface area contributed by atoms with E-state index >= 15 is 0 Å². The summed E-state index contributed by atoms with van der Waals surface area (Å²) in [6.45, 7) is 1.19. The van der Waals surface area contributed by atoms with Crippen LogP contribution < -0.4 is 28.7 Å². The van der Waals surface area contributed by atoms with Gasteiger partial charge >= 0.3 is 0 Å². The van der Waals surface area contributed by atoms with E-state index < -0.39 is 22.5 Å². The Kier molecular flexibility index (Phi) is 8.30. The number of methoxy groups -OCH3 is 4. The van der Waals surface area contributed by atoms with Gasteiger partial charge in [-0.15, -0.1) is 0 Å². The summed E-state index contributed by atoms with van der Waals surface area (Å²) in [6.07, 6.45) is 0.997. The Morgan fingerprint density at radius 1 is 0.938 bits per heavy atom. The van der Waals surface area contributed by atoms with Crippen LogP contribution in [0.1, 0.15) is 12.5 Å². The second-order valence-electron chi connectivity index (χ2n) is 6.61. The minimum absolute atomic E-state index is 0.171. The van der Waals surface area contributed by atoms with Gasteiger partial charge in [-0.1, -0.05) is 0 Å². The molecule has 32 heavy (non-hydrogen) atoms. The zero-order chi connectivity index (χ0) is 23.9. The summed E-state index contributed by atoms with van der Waals surface area (Å²) in [4.78, 5) is 12.5. The van der Waals surface area contributed by atoms with Crippen LogP contribution in [0, 0.1) is 0 Å². The minimum Gasteiger partial charge on any atom is -0.497 e. The molecule has 0 saturated carbocycles. The molecule has 0 radical (unpaired) electrons. The lowest BCUT2D eigenvalue weighted by Gasteiger charge is -2.23. The number of nitrogens with zero attached hydrogens (tertiary/aromatic N) is 2. The summed E-state index contributed by atoms with van der Waals surface area (Å²) in [5, 5.41) is 4.07. The van der Waals surface area contributed by atoms with Gasteiger partial charge in [0.25, 0.3) is 5.91 Å². The number of carbonyl (C=O) groups is 1. The van der Waals surface area contributed by atoms with Crippen LogP contribution in [0.2, 0.25) is 0 Å². The van der Waals surface area contributed by atoms with E-state index in [2.05, 4.69) is 10.5 Å². The Labute approximate surface area is 187 Å². The summed E-state index contributed by atoms with van der Waals surface area (Å²) in [7, 11) is 2.09. The van der Waals surface area contributed by atoms with Crippen LogP contribution in [0.25, 0.3) is 0 Å². The van der Waals surface area contributed by atoms with Crippen LogP contribution in [0.4, 0.5) is 5.69 Å². The fraction of sp³-hybridized carbons (Fsp3) is 0.333. The van der Waals surface area contributed by atoms with Gasteiger partial charge in [0.2, 0.25) is 10.0 Å². The van der Waals surface area contributed by atoms with Crippen molar-refractivity contribution in [2.75, 3.05) is 45.5 Å². The van der Waals surface area contributed by atoms with Crippen molar-refractivity contribution in [2.24, 2.45) is 5.10 Å². The van der Waals surface area contributed by atoms with E-state index in [0.29, 0.717) is 28.5 Å². The molecule has 10 nitrogen and oxygen atoms in total. The van der Waals surface area contributed by atoms with Crippen molar-refractivity contribution in [1.29, 1.82) is 0 Å². The first kappa shape index (κ1) is 24.8. The minimum atomic E-state index is -3.82. The van der Waals surface area contributed by atoms with Crippen molar-refractivity contribution >= 4 is 27.3 Å². The number of amides is 1. The Morgan fingerprint density at radius 2 is 1.56 bits per heavy atom. The largest absolute Gasteiger partial charge is 0.497 e. The van der Waals surface area contributed by atoms with Gasteiger partial charge in [-0.25, -0.2) is 13.8 Å². The second kappa shape index (κ2) is 10.7. The molecule has 0 heterocycles. The molecule has 2 aromatic rings. The molecule has 0 aliphatic carbocycles. The SMILES string of the molecule is COc1ccc(OC)c(N(CC(=O)N/N=C(/C)c2ccc(OC)c(OC)c2)S(C)(=O)=O)c1. The van der Waals surface area contributed by atoms with Gasteiger partial charge in [0.05, 0.1) is 46.1 Å². The summed E-state index contributed by atoms with van der Waals surface area (Å²) >= 11 is 0. The van der Waals surface area contributed by atoms with Crippen LogP contribution in [0.3, 0.4) is 0 Å². The van der Waals surface area contributed by atoms with E-state index in [1.54, 1.807) is 37.3 Å². The number of hydrogen-bond donors (Lipinski definition) is 1. The predicted octanol–water partition coefficient (Wildman–Crippen LogP) is 2.03. The van der Waals surface area contributed by atoms with E-state index in [4.69, 9.17) is 18.9 Å². The highest BCUT2D eigenvalue weighted by Gasteiger charge is 2.24. The second-order valence-corrected chi connectivity index (χ2v) is 8.52. The zero-order valence-corrected chi connectivity index (χ0v) is 19.6. The molecule has 0 aromatic heterocycles. The van der Waals surface area contributed by atoms with Gasteiger partial charge in [-0.05, 0) is 37.3 Å². The molecule has 0 unspecified atom stereocenters. The Bertz CT molecular complexity index is 1100. The summed E-state index contributed by atoms with van der Waals surface area (Å²) in [5.41, 5.74) is 3.74. The number of nitrogens with one attached hydrogen (secondary N) is 1. The monoisotopic (exact) mass is 465 g/mol. The molecule has 0 saturated heterocycles. The number of hydrazone groups is 1. The first-order valence-corrected chi connectivity index (χ1v) is 11.2. The fourth-order valence-electron chi connectivity index (χ4n) is 2.81. The number of hydrogen-bond acceptors (Lipinski definition) is 8. The molecule has 1 N–H and O–H groups in total. The maximum atomic E-state index is 12.5. The first-order valence-electron chi connectivity index (χ1n) is 9.39. The molecule has 0 aliphatic rings. The predicted molar refractivity (Wildman–Crippen MR) is 122 cm³/mol. The highest BCUT2D eigenvalue weighted by atomic mass is 32.2. The molecule has 0 fully saturated rings. The van der Waals surface area contributed by atoms with E-state index in [1.165, 1.54) is 34.5 Å². The third-order valence-corrected chi connectivity index (χ3v) is 5.62. The summed E-state index contributed by atoms with van der Waals surface area (Å²) in [5.74, 6) is 1.12. The average Bonchev–Trinajstić information content (AvgIpc) is 2.79. The Morgan fingerprint density at radius 3 is 2.12 bits per heavy atom. The fourth-order valence-corrected chi connectivity index (χ4v) is 3.66. The van der Waals surface area contributed by atoms with Crippen molar-refractivity contribution in [3.63, 3.8) is 0 Å². The van der Waals surface area contributed by atoms with Crippen LogP contribution >= 0.6 is 0 Å². The van der Waals surface area contributed by atoms with Gasteiger partial charge < -0.3 is 18.9 Å². The molecule has 2 aromatic carbocycles. The molecule has 11 heteroatoms. The first-order chi connectivity index (χ1) is 15.1. The molecule has 0 aliphatic heterocycles. The van der Waals surface area contributed by atoms with Crippen LogP contribution in [-0.2, 0) is 14.8 Å². The molecule has 174 valence electrons. The van der Waals surface area contributed by atoms with Gasteiger partial charge in [0.15, 0.2) is 11.5 Å². The molecule has 0 atom stereocenters. The summed E-state index contributed by atoms with van der Waals surface area (Å²) < 4.78 is 46.6. The molecular weight excluding hydrogens is 438 g/mol. The Balaban J connectivity index is 2.25. The molecular formula is C21H27N3O7S. The standard InChI is InChI=1S/C21H27N3O7S/c1-14(15-7-9-19(30-4)20(11-15)31-5)22-23-21(25)13-24(32(6,26)27)17-12-16(28-2)8-10-18(17)29-3/h7-12H,13H2,1-6H3,(H,23,25)/b22-14-. The van der Waals surface area contributed by atoms with Crippen LogP contribution in [0.15, 0.2) is 41.5 Å². The van der Waals surface area contributed by atoms with Crippen molar-refractivity contribution in [3.05, 3.63) is 42.0 Å². The smallest absolute Gasteiger partial charge is 0.260 e. The average molecular weight is 466 g/mol. The lowest BCUT2D eigenvalue weighted by atomic mass is 10.1. The molecule has 0 bridgehead atoms. The van der Waals surface area contributed by atoms with Crippen molar-refractivity contribution < 1.29 is 32.2 Å². The van der Waals surface area contributed by atoms with Crippen LogP contribution in [0.5, 0.6) is 23.0 Å². The quantitative estimate of drug-likeness (QED) is 0.422. The van der Waals surface area contributed by atoms with Crippen molar-refractivity contribution in [3.8, 4) is 23.0 Å². The van der Waals surface area contributed by atoms with E-state index in [0.717, 1.165) is 10.6 Å². The van der Waals surface area contributed by atoms with Gasteiger partial charge in [0, 0.05) is 11.6 Å². The van der Waals surface area contributed by atoms with E-state index in [9.17, 15) is 13.2 Å².